The number of rotatable bonds is 5. The number of methoxy groups -OCH3 is 2. The van der Waals surface area contributed by atoms with E-state index >= 15 is 0 Å². The summed E-state index contributed by atoms with van der Waals surface area (Å²) < 4.78 is 24.1. The molecule has 0 atom stereocenters. The van der Waals surface area contributed by atoms with E-state index in [9.17, 15) is 4.39 Å². The van der Waals surface area contributed by atoms with E-state index in [2.05, 4.69) is 15.3 Å². The van der Waals surface area contributed by atoms with Crippen LogP contribution >= 0.6 is 0 Å². The van der Waals surface area contributed by atoms with Crippen molar-refractivity contribution < 1.29 is 13.9 Å². The lowest BCUT2D eigenvalue weighted by Crippen LogP contribution is -2.03. The molecule has 0 unspecified atom stereocenters. The third-order valence-corrected chi connectivity index (χ3v) is 2.75. The standard InChI is InChI=1S/C14H16FN3O2/c1-16-13-7-12(17-14(18-13)8-19-2)10-5-4-9(20-3)6-11(10)15/h4-7H,8H2,1-3H3,(H,16,17,18). The Morgan fingerprint density at radius 2 is 2.00 bits per heavy atom. The van der Waals surface area contributed by atoms with Crippen LogP contribution in [-0.2, 0) is 11.3 Å². The Morgan fingerprint density at radius 1 is 1.20 bits per heavy atom. The Labute approximate surface area is 116 Å². The molecule has 2 aromatic rings. The molecule has 1 N–H and O–H groups in total. The molecule has 1 heterocycles. The van der Waals surface area contributed by atoms with Gasteiger partial charge in [0.2, 0.25) is 0 Å². The maximum atomic E-state index is 14.1. The van der Waals surface area contributed by atoms with Gasteiger partial charge in [0, 0.05) is 31.9 Å². The number of ether oxygens (including phenoxy) is 2. The summed E-state index contributed by atoms with van der Waals surface area (Å²) in [5.41, 5.74) is 0.888. The van der Waals surface area contributed by atoms with Crippen molar-refractivity contribution in [3.05, 3.63) is 35.9 Å². The van der Waals surface area contributed by atoms with E-state index in [0.29, 0.717) is 28.6 Å². The minimum atomic E-state index is -0.395. The van der Waals surface area contributed by atoms with Crippen molar-refractivity contribution in [1.29, 1.82) is 0 Å². The Balaban J connectivity index is 2.48. The van der Waals surface area contributed by atoms with Crippen LogP contribution in [0.3, 0.4) is 0 Å². The van der Waals surface area contributed by atoms with Crippen LogP contribution in [0.1, 0.15) is 5.82 Å². The van der Waals surface area contributed by atoms with Gasteiger partial charge in [0.05, 0.1) is 12.8 Å². The predicted molar refractivity (Wildman–Crippen MR) is 74.2 cm³/mol. The Kier molecular flexibility index (Phi) is 4.47. The molecule has 0 amide bonds. The van der Waals surface area contributed by atoms with Crippen LogP contribution in [0.2, 0.25) is 0 Å². The Hall–Kier alpha value is -2.21. The van der Waals surface area contributed by atoms with E-state index in [1.165, 1.54) is 13.2 Å². The highest BCUT2D eigenvalue weighted by molar-refractivity contribution is 5.64. The minimum Gasteiger partial charge on any atom is -0.497 e. The average Bonchev–Trinajstić information content (AvgIpc) is 2.47. The summed E-state index contributed by atoms with van der Waals surface area (Å²) in [6.45, 7) is 0.264. The van der Waals surface area contributed by atoms with Crippen LogP contribution in [0.15, 0.2) is 24.3 Å². The highest BCUT2D eigenvalue weighted by atomic mass is 19.1. The zero-order chi connectivity index (χ0) is 14.5. The maximum absolute atomic E-state index is 14.1. The molecule has 0 spiro atoms. The van der Waals surface area contributed by atoms with E-state index in [1.807, 2.05) is 0 Å². The van der Waals surface area contributed by atoms with Crippen LogP contribution in [-0.4, -0.2) is 31.2 Å². The van der Waals surface area contributed by atoms with Crippen molar-refractivity contribution in [3.8, 4) is 17.0 Å². The van der Waals surface area contributed by atoms with Gasteiger partial charge < -0.3 is 14.8 Å². The molecule has 0 fully saturated rings. The summed E-state index contributed by atoms with van der Waals surface area (Å²) in [6, 6.07) is 6.33. The van der Waals surface area contributed by atoms with Crippen LogP contribution in [0.5, 0.6) is 5.75 Å². The molecule has 0 radical (unpaired) electrons. The lowest BCUT2D eigenvalue weighted by atomic mass is 10.1. The smallest absolute Gasteiger partial charge is 0.157 e. The van der Waals surface area contributed by atoms with E-state index in [-0.39, 0.29) is 6.61 Å². The molecule has 5 nitrogen and oxygen atoms in total. The van der Waals surface area contributed by atoms with Gasteiger partial charge in [0.25, 0.3) is 0 Å². The fraction of sp³-hybridized carbons (Fsp3) is 0.286. The molecule has 0 aliphatic heterocycles. The molecule has 0 saturated carbocycles. The normalized spacial score (nSPS) is 10.4. The lowest BCUT2D eigenvalue weighted by Gasteiger charge is -2.09. The molecule has 0 aliphatic carbocycles. The number of hydrogen-bond acceptors (Lipinski definition) is 5. The van der Waals surface area contributed by atoms with Crippen LogP contribution in [0.4, 0.5) is 10.2 Å². The number of halogens is 1. The molecule has 20 heavy (non-hydrogen) atoms. The van der Waals surface area contributed by atoms with E-state index in [1.54, 1.807) is 32.4 Å². The molecule has 1 aromatic heterocycles. The summed E-state index contributed by atoms with van der Waals surface area (Å²) in [7, 11) is 4.80. The Morgan fingerprint density at radius 3 is 2.60 bits per heavy atom. The highest BCUT2D eigenvalue weighted by Gasteiger charge is 2.11. The molecular weight excluding hydrogens is 261 g/mol. The molecule has 0 aliphatic rings. The fourth-order valence-corrected chi connectivity index (χ4v) is 1.79. The van der Waals surface area contributed by atoms with Crippen molar-refractivity contribution >= 4 is 5.82 Å². The largest absolute Gasteiger partial charge is 0.497 e. The molecule has 0 bridgehead atoms. The number of nitrogens with zero attached hydrogens (tertiary/aromatic N) is 2. The van der Waals surface area contributed by atoms with Gasteiger partial charge in [-0.2, -0.15) is 0 Å². The van der Waals surface area contributed by atoms with Crippen molar-refractivity contribution in [3.63, 3.8) is 0 Å². The molecule has 1 aromatic carbocycles. The second-order valence-corrected chi connectivity index (χ2v) is 4.08. The maximum Gasteiger partial charge on any atom is 0.157 e. The van der Waals surface area contributed by atoms with Crippen LogP contribution < -0.4 is 10.1 Å². The zero-order valence-corrected chi connectivity index (χ0v) is 11.6. The van der Waals surface area contributed by atoms with E-state index < -0.39 is 5.82 Å². The summed E-state index contributed by atoms with van der Waals surface area (Å²) in [5, 5.41) is 2.92. The van der Waals surface area contributed by atoms with Gasteiger partial charge in [0.1, 0.15) is 24.0 Å². The molecule has 0 saturated heterocycles. The first-order chi connectivity index (χ1) is 9.67. The van der Waals surface area contributed by atoms with Gasteiger partial charge in [-0.15, -0.1) is 0 Å². The summed E-state index contributed by atoms with van der Waals surface area (Å²) >= 11 is 0. The first kappa shape index (κ1) is 14.2. The highest BCUT2D eigenvalue weighted by Crippen LogP contribution is 2.26. The second-order valence-electron chi connectivity index (χ2n) is 4.08. The quantitative estimate of drug-likeness (QED) is 0.910. The van der Waals surface area contributed by atoms with Gasteiger partial charge in [0.15, 0.2) is 5.82 Å². The van der Waals surface area contributed by atoms with Gasteiger partial charge in [-0.3, -0.25) is 0 Å². The lowest BCUT2D eigenvalue weighted by molar-refractivity contribution is 0.178. The van der Waals surface area contributed by atoms with Crippen molar-refractivity contribution in [2.75, 3.05) is 26.6 Å². The van der Waals surface area contributed by atoms with E-state index in [4.69, 9.17) is 9.47 Å². The van der Waals surface area contributed by atoms with Crippen molar-refractivity contribution in [2.24, 2.45) is 0 Å². The number of nitrogens with one attached hydrogen (secondary N) is 1. The number of hydrogen-bond donors (Lipinski definition) is 1. The topological polar surface area (TPSA) is 56.3 Å². The summed E-state index contributed by atoms with van der Waals surface area (Å²) in [4.78, 5) is 8.54. The predicted octanol–water partition coefficient (Wildman–Crippen LogP) is 2.48. The minimum absolute atomic E-state index is 0.264. The average molecular weight is 277 g/mol. The number of anilines is 1. The fourth-order valence-electron chi connectivity index (χ4n) is 1.79. The number of benzene rings is 1. The number of aromatic nitrogens is 2. The third-order valence-electron chi connectivity index (χ3n) is 2.75. The van der Waals surface area contributed by atoms with Crippen molar-refractivity contribution in [2.45, 2.75) is 6.61 Å². The van der Waals surface area contributed by atoms with Gasteiger partial charge in [-0.05, 0) is 12.1 Å². The van der Waals surface area contributed by atoms with Crippen molar-refractivity contribution in [1.82, 2.24) is 9.97 Å². The van der Waals surface area contributed by atoms with E-state index in [0.717, 1.165) is 0 Å². The van der Waals surface area contributed by atoms with Gasteiger partial charge >= 0.3 is 0 Å². The first-order valence-electron chi connectivity index (χ1n) is 6.06. The third kappa shape index (κ3) is 3.03. The summed E-state index contributed by atoms with van der Waals surface area (Å²) in [6.07, 6.45) is 0. The van der Waals surface area contributed by atoms with Gasteiger partial charge in [-0.25, -0.2) is 14.4 Å². The molecule has 6 heteroatoms. The SMILES string of the molecule is CNc1cc(-c2ccc(OC)cc2F)nc(COC)n1. The molecule has 106 valence electrons. The van der Waals surface area contributed by atoms with Gasteiger partial charge in [-0.1, -0.05) is 0 Å². The van der Waals surface area contributed by atoms with Crippen LogP contribution in [0, 0.1) is 5.82 Å². The Bertz CT molecular complexity index is 605. The first-order valence-corrected chi connectivity index (χ1v) is 6.06. The van der Waals surface area contributed by atoms with Crippen LogP contribution in [0.25, 0.3) is 11.3 Å². The summed E-state index contributed by atoms with van der Waals surface area (Å²) in [5.74, 6) is 1.17. The second kappa shape index (κ2) is 6.29. The molecular formula is C14H16FN3O2. The molecule has 2 rings (SSSR count). The monoisotopic (exact) mass is 277 g/mol. The zero-order valence-electron chi connectivity index (χ0n) is 11.6.